The molecule has 2 aromatic rings. The first kappa shape index (κ1) is 15.0. The molecule has 0 saturated carbocycles. The molecule has 0 saturated heterocycles. The van der Waals surface area contributed by atoms with Gasteiger partial charge in [0.1, 0.15) is 12.4 Å². The second-order valence-electron chi connectivity index (χ2n) is 5.05. The van der Waals surface area contributed by atoms with Gasteiger partial charge in [-0.1, -0.05) is 59.1 Å². The Labute approximate surface area is 139 Å². The maximum Gasteiger partial charge on any atom is 0.124 e. The number of ether oxygens (including phenoxy) is 1. The van der Waals surface area contributed by atoms with E-state index in [0.29, 0.717) is 21.7 Å². The first-order chi connectivity index (χ1) is 10.1. The summed E-state index contributed by atoms with van der Waals surface area (Å²) in [5.74, 6) is 0.933. The van der Waals surface area contributed by atoms with Gasteiger partial charge in [-0.2, -0.15) is 0 Å². The van der Waals surface area contributed by atoms with Crippen LogP contribution in [0.5, 0.6) is 5.75 Å². The van der Waals surface area contributed by atoms with Crippen molar-refractivity contribution in [3.05, 3.63) is 62.6 Å². The zero-order chi connectivity index (χ0) is 15.0. The molecule has 0 radical (unpaired) electrons. The summed E-state index contributed by atoms with van der Waals surface area (Å²) in [5, 5.41) is 4.89. The Morgan fingerprint density at radius 1 is 1.10 bits per heavy atom. The summed E-state index contributed by atoms with van der Waals surface area (Å²) < 4.78 is 5.68. The summed E-state index contributed by atoms with van der Waals surface area (Å²) in [6, 6.07) is 11.9. The lowest BCUT2D eigenvalue weighted by Gasteiger charge is -2.20. The van der Waals surface area contributed by atoms with Gasteiger partial charge in [0.15, 0.2) is 0 Å². The second-order valence-corrected chi connectivity index (χ2v) is 6.22. The summed E-state index contributed by atoms with van der Waals surface area (Å²) in [5.41, 5.74) is 2.09. The third kappa shape index (κ3) is 2.86. The Kier molecular flexibility index (Phi) is 4.32. The molecule has 0 amide bonds. The van der Waals surface area contributed by atoms with Gasteiger partial charge in [0.05, 0.1) is 21.1 Å². The molecule has 1 heterocycles. The van der Waals surface area contributed by atoms with Gasteiger partial charge in [-0.3, -0.25) is 0 Å². The molecule has 21 heavy (non-hydrogen) atoms. The van der Waals surface area contributed by atoms with Gasteiger partial charge in [-0.05, 0) is 24.6 Å². The van der Waals surface area contributed by atoms with E-state index < -0.39 is 0 Å². The van der Waals surface area contributed by atoms with Crippen LogP contribution in [0.1, 0.15) is 30.1 Å². The topological polar surface area (TPSA) is 21.3 Å². The fourth-order valence-electron chi connectivity index (χ4n) is 2.57. The molecule has 3 rings (SSSR count). The van der Waals surface area contributed by atoms with Crippen molar-refractivity contribution in [3.63, 3.8) is 0 Å². The molecular weight excluding hydrogens is 329 g/mol. The number of halogens is 3. The van der Waals surface area contributed by atoms with Gasteiger partial charge in [0.25, 0.3) is 0 Å². The van der Waals surface area contributed by atoms with Crippen LogP contribution in [0.4, 0.5) is 0 Å². The van der Waals surface area contributed by atoms with Crippen molar-refractivity contribution in [2.24, 2.45) is 0 Å². The second kappa shape index (κ2) is 6.05. The molecule has 1 aliphatic heterocycles. The zero-order valence-corrected chi connectivity index (χ0v) is 13.6. The van der Waals surface area contributed by atoms with Crippen molar-refractivity contribution in [1.29, 1.82) is 0 Å². The molecule has 2 unspecified atom stereocenters. The van der Waals surface area contributed by atoms with Crippen LogP contribution in [0.15, 0.2) is 36.4 Å². The van der Waals surface area contributed by atoms with Crippen LogP contribution in [-0.2, 0) is 0 Å². The molecule has 1 aliphatic rings. The summed E-state index contributed by atoms with van der Waals surface area (Å²) in [4.78, 5) is 0. The van der Waals surface area contributed by atoms with E-state index in [1.807, 2.05) is 31.2 Å². The number of rotatable bonds is 3. The molecule has 2 nitrogen and oxygen atoms in total. The minimum Gasteiger partial charge on any atom is -0.491 e. The van der Waals surface area contributed by atoms with Crippen molar-refractivity contribution in [1.82, 2.24) is 5.32 Å². The first-order valence-electron chi connectivity index (χ1n) is 6.69. The smallest absolute Gasteiger partial charge is 0.124 e. The van der Waals surface area contributed by atoms with Crippen molar-refractivity contribution in [3.8, 4) is 5.75 Å². The Morgan fingerprint density at radius 2 is 1.86 bits per heavy atom. The normalized spacial score (nSPS) is 18.2. The molecule has 0 aromatic heterocycles. The Bertz CT molecular complexity index is 675. The fourth-order valence-corrected chi connectivity index (χ4v) is 3.27. The van der Waals surface area contributed by atoms with Crippen LogP contribution in [0, 0.1) is 0 Å². The monoisotopic (exact) mass is 341 g/mol. The highest BCUT2D eigenvalue weighted by Gasteiger charge is 2.26. The van der Waals surface area contributed by atoms with Crippen LogP contribution in [0.3, 0.4) is 0 Å². The van der Waals surface area contributed by atoms with Crippen LogP contribution >= 0.6 is 34.8 Å². The van der Waals surface area contributed by atoms with Gasteiger partial charge in [0.2, 0.25) is 0 Å². The first-order valence-corrected chi connectivity index (χ1v) is 7.82. The van der Waals surface area contributed by atoms with E-state index in [-0.39, 0.29) is 12.1 Å². The lowest BCUT2D eigenvalue weighted by atomic mass is 10.0. The number of benzene rings is 2. The molecule has 2 atom stereocenters. The molecule has 0 bridgehead atoms. The molecule has 0 aliphatic carbocycles. The lowest BCUT2D eigenvalue weighted by Crippen LogP contribution is -2.25. The highest BCUT2D eigenvalue weighted by molar-refractivity contribution is 6.48. The van der Waals surface area contributed by atoms with E-state index in [9.17, 15) is 0 Å². The van der Waals surface area contributed by atoms with E-state index in [4.69, 9.17) is 39.5 Å². The Morgan fingerprint density at radius 3 is 2.67 bits per heavy atom. The highest BCUT2D eigenvalue weighted by atomic mass is 35.5. The van der Waals surface area contributed by atoms with Gasteiger partial charge >= 0.3 is 0 Å². The number of fused-ring (bicyclic) bond motifs is 1. The Balaban J connectivity index is 1.82. The molecule has 1 N–H and O–H groups in total. The van der Waals surface area contributed by atoms with E-state index in [0.717, 1.165) is 11.3 Å². The highest BCUT2D eigenvalue weighted by Crippen LogP contribution is 2.38. The summed E-state index contributed by atoms with van der Waals surface area (Å²) in [6.45, 7) is 2.66. The predicted octanol–water partition coefficient (Wildman–Crippen LogP) is 5.43. The summed E-state index contributed by atoms with van der Waals surface area (Å²) in [7, 11) is 0. The molecule has 2 aromatic carbocycles. The molecule has 0 fully saturated rings. The minimum absolute atomic E-state index is 0.0343. The summed E-state index contributed by atoms with van der Waals surface area (Å²) in [6.07, 6.45) is 0. The number of hydrogen-bond donors (Lipinski definition) is 1. The van der Waals surface area contributed by atoms with Gasteiger partial charge in [-0.25, -0.2) is 0 Å². The quantitative estimate of drug-likeness (QED) is 0.751. The Hall–Kier alpha value is -0.930. The van der Waals surface area contributed by atoms with Gasteiger partial charge in [-0.15, -0.1) is 0 Å². The molecular formula is C16H14Cl3NO. The largest absolute Gasteiger partial charge is 0.491 e. The molecule has 5 heteroatoms. The third-order valence-electron chi connectivity index (χ3n) is 3.68. The van der Waals surface area contributed by atoms with Gasteiger partial charge < -0.3 is 10.1 Å². The number of hydrogen-bond acceptors (Lipinski definition) is 2. The van der Waals surface area contributed by atoms with Crippen LogP contribution < -0.4 is 10.1 Å². The van der Waals surface area contributed by atoms with Crippen LogP contribution in [0.25, 0.3) is 0 Å². The maximum absolute atomic E-state index is 6.29. The standard InChI is InChI=1S/C16H14Cl3NO/c1-9(10-6-7-12(17)16(19)15(10)18)20-13-8-21-14-5-3-2-4-11(13)14/h2-7,9,13,20H,8H2,1H3. The van der Waals surface area contributed by atoms with Crippen LogP contribution in [-0.4, -0.2) is 6.61 Å². The van der Waals surface area contributed by atoms with E-state index in [2.05, 4.69) is 11.4 Å². The average Bonchev–Trinajstić information content (AvgIpc) is 2.88. The maximum atomic E-state index is 6.29. The van der Waals surface area contributed by atoms with E-state index in [1.165, 1.54) is 5.56 Å². The fraction of sp³-hybridized carbons (Fsp3) is 0.250. The van der Waals surface area contributed by atoms with Gasteiger partial charge in [0, 0.05) is 11.6 Å². The average molecular weight is 343 g/mol. The van der Waals surface area contributed by atoms with Crippen molar-refractivity contribution < 1.29 is 4.74 Å². The predicted molar refractivity (Wildman–Crippen MR) is 87.7 cm³/mol. The number of para-hydroxylation sites is 1. The minimum atomic E-state index is 0.0343. The van der Waals surface area contributed by atoms with E-state index >= 15 is 0 Å². The van der Waals surface area contributed by atoms with Crippen molar-refractivity contribution >= 4 is 34.8 Å². The zero-order valence-electron chi connectivity index (χ0n) is 11.4. The SMILES string of the molecule is CC(NC1COc2ccccc21)c1ccc(Cl)c(Cl)c1Cl. The molecule has 110 valence electrons. The molecule has 0 spiro atoms. The number of nitrogens with one attached hydrogen (secondary N) is 1. The van der Waals surface area contributed by atoms with Crippen LogP contribution in [0.2, 0.25) is 15.1 Å². The third-order valence-corrected chi connectivity index (χ3v) is 4.99. The van der Waals surface area contributed by atoms with E-state index in [1.54, 1.807) is 6.07 Å². The lowest BCUT2D eigenvalue weighted by molar-refractivity contribution is 0.301. The van der Waals surface area contributed by atoms with Crippen molar-refractivity contribution in [2.75, 3.05) is 6.61 Å². The summed E-state index contributed by atoms with van der Waals surface area (Å²) >= 11 is 18.4. The van der Waals surface area contributed by atoms with Crippen molar-refractivity contribution in [2.45, 2.75) is 19.0 Å².